The van der Waals surface area contributed by atoms with Crippen molar-refractivity contribution in [2.45, 2.75) is 18.7 Å². The molecule has 0 atom stereocenters. The van der Waals surface area contributed by atoms with Crippen molar-refractivity contribution in [3.63, 3.8) is 0 Å². The van der Waals surface area contributed by atoms with E-state index in [0.717, 1.165) is 10.6 Å². The number of hydrogen-bond donors (Lipinski definition) is 0. The van der Waals surface area contributed by atoms with Gasteiger partial charge in [-0.25, -0.2) is 9.18 Å². The van der Waals surface area contributed by atoms with Crippen LogP contribution in [-0.4, -0.2) is 18.3 Å². The minimum Gasteiger partial charge on any atom is -0.462 e. The fourth-order valence-corrected chi connectivity index (χ4v) is 1.81. The first kappa shape index (κ1) is 12.0. The average Bonchev–Trinajstić information content (AvgIpc) is 2.18. The zero-order valence-electron chi connectivity index (χ0n) is 8.75. The van der Waals surface area contributed by atoms with Crippen LogP contribution in [0.1, 0.15) is 24.2 Å². The molecule has 0 N–H and O–H groups in total. The Morgan fingerprint density at radius 3 is 2.73 bits per heavy atom. The van der Waals surface area contributed by atoms with E-state index < -0.39 is 11.8 Å². The van der Waals surface area contributed by atoms with E-state index in [0.29, 0.717) is 0 Å². The molecule has 0 saturated heterocycles. The van der Waals surface area contributed by atoms with Crippen LogP contribution in [0.5, 0.6) is 0 Å². The van der Waals surface area contributed by atoms with Crippen LogP contribution in [0.25, 0.3) is 0 Å². The zero-order chi connectivity index (χ0) is 11.3. The highest BCUT2D eigenvalue weighted by atomic mass is 32.2. The van der Waals surface area contributed by atoms with Crippen LogP contribution in [0.3, 0.4) is 0 Å². The van der Waals surface area contributed by atoms with E-state index in [-0.39, 0.29) is 12.2 Å². The molecule has 2 nitrogen and oxygen atoms in total. The summed E-state index contributed by atoms with van der Waals surface area (Å²) in [6.45, 7) is 3.93. The van der Waals surface area contributed by atoms with Crippen molar-refractivity contribution < 1.29 is 13.9 Å². The van der Waals surface area contributed by atoms with Gasteiger partial charge in [0, 0.05) is 4.90 Å². The summed E-state index contributed by atoms with van der Waals surface area (Å²) in [5.74, 6) is -0.256. The summed E-state index contributed by atoms with van der Waals surface area (Å²) in [6, 6.07) is 4.55. The van der Waals surface area contributed by atoms with E-state index in [4.69, 9.17) is 4.74 Å². The molecule has 0 amide bonds. The van der Waals surface area contributed by atoms with Crippen molar-refractivity contribution in [1.82, 2.24) is 0 Å². The lowest BCUT2D eigenvalue weighted by atomic mass is 10.2. The van der Waals surface area contributed by atoms with Gasteiger partial charge in [-0.05, 0) is 30.9 Å². The summed E-state index contributed by atoms with van der Waals surface area (Å²) in [4.78, 5) is 12.1. The van der Waals surface area contributed by atoms with E-state index in [9.17, 15) is 9.18 Å². The Morgan fingerprint density at radius 1 is 1.47 bits per heavy atom. The van der Waals surface area contributed by atoms with Crippen molar-refractivity contribution in [3.05, 3.63) is 29.6 Å². The number of hydrogen-bond acceptors (Lipinski definition) is 3. The van der Waals surface area contributed by atoms with Gasteiger partial charge in [0.2, 0.25) is 0 Å². The molecule has 1 aromatic carbocycles. The Balaban J connectivity index is 2.87. The van der Waals surface area contributed by atoms with Crippen LogP contribution in [0.2, 0.25) is 0 Å². The molecule has 15 heavy (non-hydrogen) atoms. The van der Waals surface area contributed by atoms with E-state index in [1.54, 1.807) is 13.0 Å². The first-order valence-corrected chi connectivity index (χ1v) is 5.77. The molecular weight excluding hydrogens is 215 g/mol. The van der Waals surface area contributed by atoms with E-state index in [2.05, 4.69) is 0 Å². The molecule has 0 aliphatic heterocycles. The number of carbonyl (C=O) groups excluding carboxylic acids is 1. The Kier molecular flexibility index (Phi) is 4.62. The number of carbonyl (C=O) groups is 1. The largest absolute Gasteiger partial charge is 0.462 e. The molecule has 0 aromatic heterocycles. The van der Waals surface area contributed by atoms with Gasteiger partial charge < -0.3 is 4.74 Å². The fourth-order valence-electron chi connectivity index (χ4n) is 1.13. The summed E-state index contributed by atoms with van der Waals surface area (Å²) in [6.07, 6.45) is 0. The molecule has 0 aliphatic carbocycles. The number of ether oxygens (including phenoxy) is 1. The van der Waals surface area contributed by atoms with Gasteiger partial charge in [-0.1, -0.05) is 6.92 Å². The predicted molar refractivity (Wildman–Crippen MR) is 58.8 cm³/mol. The molecule has 0 aliphatic rings. The van der Waals surface area contributed by atoms with Crippen LogP contribution < -0.4 is 0 Å². The van der Waals surface area contributed by atoms with Gasteiger partial charge in [0.1, 0.15) is 5.82 Å². The number of thioether (sulfide) groups is 1. The molecule has 0 radical (unpaired) electrons. The Morgan fingerprint density at radius 2 is 2.20 bits per heavy atom. The summed E-state index contributed by atoms with van der Waals surface area (Å²) in [5.41, 5.74) is -0.00250. The van der Waals surface area contributed by atoms with Gasteiger partial charge in [0.25, 0.3) is 0 Å². The van der Waals surface area contributed by atoms with Gasteiger partial charge in [-0.2, -0.15) is 0 Å². The predicted octanol–water partition coefficient (Wildman–Crippen LogP) is 3.11. The molecule has 0 saturated carbocycles. The van der Waals surface area contributed by atoms with Gasteiger partial charge >= 0.3 is 5.97 Å². The maximum absolute atomic E-state index is 13.4. The SMILES string of the molecule is CCOC(=O)c1ccc(SCC)cc1F. The summed E-state index contributed by atoms with van der Waals surface area (Å²) in [5, 5.41) is 0. The monoisotopic (exact) mass is 228 g/mol. The van der Waals surface area contributed by atoms with Crippen molar-refractivity contribution in [1.29, 1.82) is 0 Å². The van der Waals surface area contributed by atoms with Crippen molar-refractivity contribution in [3.8, 4) is 0 Å². The highest BCUT2D eigenvalue weighted by molar-refractivity contribution is 7.99. The Labute approximate surface area is 92.8 Å². The summed E-state index contributed by atoms with van der Waals surface area (Å²) >= 11 is 1.53. The summed E-state index contributed by atoms with van der Waals surface area (Å²) in [7, 11) is 0. The molecular formula is C11H13FO2S. The Hall–Kier alpha value is -1.03. The minimum atomic E-state index is -0.608. The van der Waals surface area contributed by atoms with Crippen LogP contribution in [0.15, 0.2) is 23.1 Å². The highest BCUT2D eigenvalue weighted by Gasteiger charge is 2.12. The molecule has 82 valence electrons. The second-order valence-electron chi connectivity index (χ2n) is 2.80. The van der Waals surface area contributed by atoms with Crippen molar-refractivity contribution >= 4 is 17.7 Å². The topological polar surface area (TPSA) is 26.3 Å². The van der Waals surface area contributed by atoms with Gasteiger partial charge in [-0.15, -0.1) is 11.8 Å². The maximum Gasteiger partial charge on any atom is 0.341 e. The summed E-state index contributed by atoms with van der Waals surface area (Å²) < 4.78 is 18.2. The fraction of sp³-hybridized carbons (Fsp3) is 0.364. The van der Waals surface area contributed by atoms with Gasteiger partial charge in [-0.3, -0.25) is 0 Å². The Bertz CT molecular complexity index is 352. The third-order valence-corrected chi connectivity index (χ3v) is 2.62. The lowest BCUT2D eigenvalue weighted by Gasteiger charge is -2.04. The molecule has 1 aromatic rings. The molecule has 0 spiro atoms. The van der Waals surface area contributed by atoms with Crippen LogP contribution in [0.4, 0.5) is 4.39 Å². The molecule has 4 heteroatoms. The minimum absolute atomic E-state index is 0.00250. The van der Waals surface area contributed by atoms with Crippen molar-refractivity contribution in [2.75, 3.05) is 12.4 Å². The quantitative estimate of drug-likeness (QED) is 0.585. The van der Waals surface area contributed by atoms with Gasteiger partial charge in [0.05, 0.1) is 12.2 Å². The molecule has 0 bridgehead atoms. The molecule has 1 rings (SSSR count). The third-order valence-electron chi connectivity index (χ3n) is 1.75. The number of rotatable bonds is 4. The van der Waals surface area contributed by atoms with Crippen molar-refractivity contribution in [2.24, 2.45) is 0 Å². The van der Waals surface area contributed by atoms with E-state index >= 15 is 0 Å². The average molecular weight is 228 g/mol. The normalized spacial score (nSPS) is 10.1. The van der Waals surface area contributed by atoms with Crippen LogP contribution >= 0.6 is 11.8 Å². The third kappa shape index (κ3) is 3.23. The number of halogens is 1. The second kappa shape index (κ2) is 5.75. The molecule has 0 fully saturated rings. The smallest absolute Gasteiger partial charge is 0.341 e. The maximum atomic E-state index is 13.4. The number of benzene rings is 1. The van der Waals surface area contributed by atoms with Crippen LogP contribution in [0, 0.1) is 5.82 Å². The lowest BCUT2D eigenvalue weighted by molar-refractivity contribution is 0.0521. The van der Waals surface area contributed by atoms with E-state index in [1.165, 1.54) is 23.9 Å². The molecule has 0 unspecified atom stereocenters. The van der Waals surface area contributed by atoms with E-state index in [1.807, 2.05) is 6.92 Å². The standard InChI is InChI=1S/C11H13FO2S/c1-3-14-11(13)9-6-5-8(15-4-2)7-10(9)12/h5-7H,3-4H2,1-2H3. The highest BCUT2D eigenvalue weighted by Crippen LogP contribution is 2.20. The molecule has 0 heterocycles. The van der Waals surface area contributed by atoms with Crippen LogP contribution in [-0.2, 0) is 4.74 Å². The second-order valence-corrected chi connectivity index (χ2v) is 4.13. The van der Waals surface area contributed by atoms with Gasteiger partial charge in [0.15, 0.2) is 0 Å². The first-order valence-electron chi connectivity index (χ1n) is 4.78. The first-order chi connectivity index (χ1) is 7.19. The number of esters is 1. The lowest BCUT2D eigenvalue weighted by Crippen LogP contribution is -2.07. The zero-order valence-corrected chi connectivity index (χ0v) is 9.57.